The van der Waals surface area contributed by atoms with Crippen molar-refractivity contribution in [2.24, 2.45) is 4.99 Å². The predicted molar refractivity (Wildman–Crippen MR) is 109 cm³/mol. The fourth-order valence-corrected chi connectivity index (χ4v) is 4.31. The van der Waals surface area contributed by atoms with Crippen molar-refractivity contribution in [2.75, 3.05) is 26.7 Å². The number of aromatic nitrogens is 1. The maximum absolute atomic E-state index is 4.72. The van der Waals surface area contributed by atoms with Gasteiger partial charge in [-0.25, -0.2) is 9.98 Å². The van der Waals surface area contributed by atoms with E-state index in [1.54, 1.807) is 11.3 Å². The lowest BCUT2D eigenvalue weighted by atomic mass is 9.94. The topological polar surface area (TPSA) is 52.6 Å². The van der Waals surface area contributed by atoms with E-state index in [1.807, 2.05) is 0 Å². The Balaban J connectivity index is 1.73. The van der Waals surface area contributed by atoms with Gasteiger partial charge < -0.3 is 15.5 Å². The molecule has 1 aliphatic carbocycles. The highest BCUT2D eigenvalue weighted by atomic mass is 32.1. The molecular weight excluding hydrogens is 330 g/mol. The van der Waals surface area contributed by atoms with Crippen molar-refractivity contribution in [1.29, 1.82) is 0 Å². The van der Waals surface area contributed by atoms with Gasteiger partial charge in [-0.2, -0.15) is 0 Å². The van der Waals surface area contributed by atoms with Gasteiger partial charge in [-0.1, -0.05) is 19.3 Å². The van der Waals surface area contributed by atoms with E-state index >= 15 is 0 Å². The van der Waals surface area contributed by atoms with E-state index in [0.29, 0.717) is 6.54 Å². The summed E-state index contributed by atoms with van der Waals surface area (Å²) in [5.41, 5.74) is 1.11. The normalized spacial score (nSPS) is 16.4. The molecule has 1 aliphatic rings. The summed E-state index contributed by atoms with van der Waals surface area (Å²) in [6, 6.07) is 0.799. The van der Waals surface area contributed by atoms with Crippen LogP contribution in [-0.4, -0.2) is 48.6 Å². The lowest BCUT2D eigenvalue weighted by Crippen LogP contribution is -2.39. The fraction of sp³-hybridized carbons (Fsp3) is 0.789. The fourth-order valence-electron chi connectivity index (χ4n) is 3.45. The number of aliphatic imine (C=N–C) groups is 1. The lowest BCUT2D eigenvalue weighted by molar-refractivity contribution is 0.190. The molecular formula is C19H35N5S. The van der Waals surface area contributed by atoms with Crippen LogP contribution in [0.25, 0.3) is 0 Å². The van der Waals surface area contributed by atoms with E-state index in [9.17, 15) is 0 Å². The summed E-state index contributed by atoms with van der Waals surface area (Å²) < 4.78 is 0. The van der Waals surface area contributed by atoms with Gasteiger partial charge in [0.15, 0.2) is 5.96 Å². The number of nitrogens with zero attached hydrogens (tertiary/aromatic N) is 3. The molecule has 1 fully saturated rings. The Morgan fingerprint density at radius 2 is 2.00 bits per heavy atom. The van der Waals surface area contributed by atoms with E-state index in [0.717, 1.165) is 48.8 Å². The van der Waals surface area contributed by atoms with Gasteiger partial charge in [0, 0.05) is 24.0 Å². The van der Waals surface area contributed by atoms with Crippen molar-refractivity contribution in [3.8, 4) is 0 Å². The van der Waals surface area contributed by atoms with Crippen molar-refractivity contribution in [3.63, 3.8) is 0 Å². The Bertz CT molecular complexity index is 534. The maximum Gasteiger partial charge on any atom is 0.191 e. The Morgan fingerprint density at radius 1 is 1.24 bits per heavy atom. The summed E-state index contributed by atoms with van der Waals surface area (Å²) in [4.78, 5) is 13.0. The van der Waals surface area contributed by atoms with E-state index < -0.39 is 0 Å². The molecule has 6 heteroatoms. The summed E-state index contributed by atoms with van der Waals surface area (Å²) in [6.07, 6.45) is 8.13. The highest BCUT2D eigenvalue weighted by molar-refractivity contribution is 7.11. The number of nitrogens with one attached hydrogen (secondary N) is 2. The SMILES string of the molecule is CCNC(=NCc1sc(C)nc1C)NCCCN(C)C1CCCCC1. The van der Waals surface area contributed by atoms with Crippen LogP contribution in [-0.2, 0) is 6.54 Å². The molecule has 1 aromatic heterocycles. The van der Waals surface area contributed by atoms with Gasteiger partial charge in [-0.15, -0.1) is 11.3 Å². The molecule has 25 heavy (non-hydrogen) atoms. The molecule has 0 saturated heterocycles. The lowest BCUT2D eigenvalue weighted by Gasteiger charge is -2.31. The number of thiazole rings is 1. The van der Waals surface area contributed by atoms with Crippen molar-refractivity contribution in [3.05, 3.63) is 15.6 Å². The van der Waals surface area contributed by atoms with Crippen LogP contribution in [0.15, 0.2) is 4.99 Å². The third kappa shape index (κ3) is 6.94. The zero-order valence-electron chi connectivity index (χ0n) is 16.4. The monoisotopic (exact) mass is 365 g/mol. The van der Waals surface area contributed by atoms with Gasteiger partial charge in [0.1, 0.15) is 0 Å². The summed E-state index contributed by atoms with van der Waals surface area (Å²) >= 11 is 1.74. The average molecular weight is 366 g/mol. The molecule has 1 saturated carbocycles. The highest BCUT2D eigenvalue weighted by Crippen LogP contribution is 2.21. The minimum Gasteiger partial charge on any atom is -0.357 e. The van der Waals surface area contributed by atoms with Gasteiger partial charge in [-0.05, 0) is 53.6 Å². The number of hydrogen-bond donors (Lipinski definition) is 2. The molecule has 0 amide bonds. The first-order valence-corrected chi connectivity index (χ1v) is 10.6. The van der Waals surface area contributed by atoms with E-state index in [-0.39, 0.29) is 0 Å². The van der Waals surface area contributed by atoms with Gasteiger partial charge in [-0.3, -0.25) is 0 Å². The number of aryl methyl sites for hydroxylation is 2. The molecule has 142 valence electrons. The molecule has 0 bridgehead atoms. The van der Waals surface area contributed by atoms with Gasteiger partial charge in [0.25, 0.3) is 0 Å². The van der Waals surface area contributed by atoms with E-state index in [1.165, 1.54) is 37.0 Å². The molecule has 0 unspecified atom stereocenters. The van der Waals surface area contributed by atoms with Crippen molar-refractivity contribution in [2.45, 2.75) is 71.9 Å². The van der Waals surface area contributed by atoms with Crippen molar-refractivity contribution < 1.29 is 0 Å². The minimum atomic E-state index is 0.703. The minimum absolute atomic E-state index is 0.703. The highest BCUT2D eigenvalue weighted by Gasteiger charge is 2.17. The smallest absolute Gasteiger partial charge is 0.191 e. The molecule has 0 radical (unpaired) electrons. The van der Waals surface area contributed by atoms with Crippen LogP contribution in [0.3, 0.4) is 0 Å². The molecule has 2 N–H and O–H groups in total. The zero-order chi connectivity index (χ0) is 18.1. The molecule has 1 aromatic rings. The van der Waals surface area contributed by atoms with Gasteiger partial charge in [0.2, 0.25) is 0 Å². The molecule has 5 nitrogen and oxygen atoms in total. The second kappa shape index (κ2) is 10.8. The van der Waals surface area contributed by atoms with Crippen LogP contribution in [0, 0.1) is 13.8 Å². The standard InChI is InChI=1S/C19H35N5S/c1-5-20-19(22-14-18-15(2)23-16(3)25-18)21-12-9-13-24(4)17-10-7-6-8-11-17/h17H,5-14H2,1-4H3,(H2,20,21,22). The first kappa shape index (κ1) is 20.2. The second-order valence-corrected chi connectivity index (χ2v) is 8.28. The third-order valence-electron chi connectivity index (χ3n) is 4.90. The molecule has 0 spiro atoms. The third-order valence-corrected chi connectivity index (χ3v) is 5.96. The second-order valence-electron chi connectivity index (χ2n) is 6.99. The predicted octanol–water partition coefficient (Wildman–Crippen LogP) is 3.47. The van der Waals surface area contributed by atoms with Crippen LogP contribution in [0.5, 0.6) is 0 Å². The summed E-state index contributed by atoms with van der Waals surface area (Å²) in [7, 11) is 2.28. The van der Waals surface area contributed by atoms with Crippen molar-refractivity contribution >= 4 is 17.3 Å². The van der Waals surface area contributed by atoms with Crippen LogP contribution < -0.4 is 10.6 Å². The summed E-state index contributed by atoms with van der Waals surface area (Å²) in [6.45, 7) is 9.93. The van der Waals surface area contributed by atoms with Crippen LogP contribution in [0.4, 0.5) is 0 Å². The quantitative estimate of drug-likeness (QED) is 0.421. The molecule has 0 atom stereocenters. The Kier molecular flexibility index (Phi) is 8.68. The Morgan fingerprint density at radius 3 is 2.64 bits per heavy atom. The van der Waals surface area contributed by atoms with Crippen LogP contribution in [0.2, 0.25) is 0 Å². The average Bonchev–Trinajstić information content (AvgIpc) is 2.94. The van der Waals surface area contributed by atoms with Gasteiger partial charge >= 0.3 is 0 Å². The Labute approximate surface area is 157 Å². The molecule has 2 rings (SSSR count). The first-order chi connectivity index (χ1) is 12.1. The van der Waals surface area contributed by atoms with Crippen molar-refractivity contribution in [1.82, 2.24) is 20.5 Å². The van der Waals surface area contributed by atoms with Gasteiger partial charge in [0.05, 0.1) is 17.2 Å². The maximum atomic E-state index is 4.72. The zero-order valence-corrected chi connectivity index (χ0v) is 17.2. The number of rotatable bonds is 8. The van der Waals surface area contributed by atoms with Crippen LogP contribution in [0.1, 0.15) is 61.0 Å². The Hall–Kier alpha value is -1.14. The molecule has 0 aromatic carbocycles. The molecule has 0 aliphatic heterocycles. The van der Waals surface area contributed by atoms with E-state index in [2.05, 4.69) is 48.3 Å². The summed E-state index contributed by atoms with van der Waals surface area (Å²) in [5, 5.41) is 7.93. The number of hydrogen-bond acceptors (Lipinski definition) is 4. The number of guanidine groups is 1. The largest absolute Gasteiger partial charge is 0.357 e. The summed E-state index contributed by atoms with van der Waals surface area (Å²) in [5.74, 6) is 0.910. The van der Waals surface area contributed by atoms with Crippen LogP contribution >= 0.6 is 11.3 Å². The first-order valence-electron chi connectivity index (χ1n) is 9.75. The molecule has 1 heterocycles. The van der Waals surface area contributed by atoms with E-state index in [4.69, 9.17) is 4.99 Å².